The number of Topliss-reactive ketones (excluding diaryl/α,β-unsaturated/α-hetero) is 1. The lowest BCUT2D eigenvalue weighted by molar-refractivity contribution is -0.382. The van der Waals surface area contributed by atoms with Gasteiger partial charge in [0.1, 0.15) is 5.78 Å². The van der Waals surface area contributed by atoms with Crippen LogP contribution in [0.15, 0.2) is 0 Å². The van der Waals surface area contributed by atoms with E-state index in [4.69, 9.17) is 0 Å². The van der Waals surface area contributed by atoms with Crippen LogP contribution in [0.25, 0.3) is 0 Å². The van der Waals surface area contributed by atoms with Gasteiger partial charge in [0.25, 0.3) is 0 Å². The first kappa shape index (κ1) is 34.3. The Balaban J connectivity index is 6.31. The molecule has 0 spiro atoms. The SMILES string of the molecule is CCCCCCC(=O)CS(CCCC)(CCCC)OS(=O)(=O)C(F)(F)C(F)(F)C(F)(F)C(F)(F)F. The highest BCUT2D eigenvalue weighted by molar-refractivity contribution is 8.33. The zero-order valence-electron chi connectivity index (χ0n) is 19.8. The second kappa shape index (κ2) is 13.2. The maximum absolute atomic E-state index is 14.3. The second-order valence-electron chi connectivity index (χ2n) is 8.26. The van der Waals surface area contributed by atoms with E-state index in [1.165, 1.54) is 0 Å². The Morgan fingerprint density at radius 3 is 1.54 bits per heavy atom. The molecule has 212 valence electrons. The van der Waals surface area contributed by atoms with Crippen LogP contribution in [0.5, 0.6) is 0 Å². The number of carbonyl (C=O) groups is 1. The van der Waals surface area contributed by atoms with E-state index in [0.717, 1.165) is 12.8 Å². The molecule has 0 aromatic rings. The van der Waals surface area contributed by atoms with Crippen molar-refractivity contribution in [3.8, 4) is 0 Å². The standard InChI is InChI=1S/C20H33F9O4S2/c1-4-7-10-11-12-16(30)15-34(13-8-5-2,14-9-6-3)33-35(31,32)20(28,29)18(23,24)17(21,22)19(25,26)27/h4-15H2,1-3H3. The van der Waals surface area contributed by atoms with Gasteiger partial charge in [0.05, 0.1) is 5.75 Å². The summed E-state index contributed by atoms with van der Waals surface area (Å²) in [5.41, 5.74) is 0. The van der Waals surface area contributed by atoms with Crippen LogP contribution in [-0.2, 0) is 18.5 Å². The highest BCUT2D eigenvalue weighted by Gasteiger charge is 2.86. The zero-order valence-corrected chi connectivity index (χ0v) is 21.5. The van der Waals surface area contributed by atoms with E-state index >= 15 is 0 Å². The lowest BCUT2D eigenvalue weighted by Crippen LogP contribution is -2.63. The van der Waals surface area contributed by atoms with Gasteiger partial charge in [-0.25, -0.2) is 3.63 Å². The van der Waals surface area contributed by atoms with Gasteiger partial charge in [0, 0.05) is 17.9 Å². The summed E-state index contributed by atoms with van der Waals surface area (Å²) in [6, 6.07) is 0. The van der Waals surface area contributed by atoms with Gasteiger partial charge in [-0.15, -0.1) is 10.3 Å². The Hall–Kier alpha value is -0.700. The minimum absolute atomic E-state index is 0.0743. The average molecular weight is 573 g/mol. The minimum atomic E-state index is -7.38. The number of hydrogen-bond acceptors (Lipinski definition) is 4. The maximum atomic E-state index is 14.3. The highest BCUT2D eigenvalue weighted by atomic mass is 32.3. The van der Waals surface area contributed by atoms with E-state index in [1.807, 2.05) is 6.92 Å². The van der Waals surface area contributed by atoms with E-state index in [2.05, 4.69) is 3.63 Å². The number of hydrogen-bond donors (Lipinski definition) is 0. The van der Waals surface area contributed by atoms with Gasteiger partial charge < -0.3 is 0 Å². The molecule has 0 saturated carbocycles. The number of alkyl halides is 9. The van der Waals surface area contributed by atoms with E-state index in [1.54, 1.807) is 13.8 Å². The van der Waals surface area contributed by atoms with Crippen molar-refractivity contribution in [3.63, 3.8) is 0 Å². The fourth-order valence-electron chi connectivity index (χ4n) is 3.02. The summed E-state index contributed by atoms with van der Waals surface area (Å²) in [5.74, 6) is -16.7. The topological polar surface area (TPSA) is 60.4 Å². The third-order valence-electron chi connectivity index (χ3n) is 5.14. The van der Waals surface area contributed by atoms with Gasteiger partial charge in [0.2, 0.25) is 0 Å². The Morgan fingerprint density at radius 1 is 0.686 bits per heavy atom. The van der Waals surface area contributed by atoms with Crippen LogP contribution in [0, 0.1) is 0 Å². The molecule has 0 aliphatic rings. The monoisotopic (exact) mass is 572 g/mol. The van der Waals surface area contributed by atoms with Gasteiger partial charge in [-0.3, -0.25) is 4.79 Å². The molecule has 0 heterocycles. The van der Waals surface area contributed by atoms with Crippen LogP contribution >= 0.6 is 10.3 Å². The van der Waals surface area contributed by atoms with Crippen molar-refractivity contribution in [2.24, 2.45) is 0 Å². The Bertz CT molecular complexity index is 761. The second-order valence-corrected chi connectivity index (χ2v) is 13.3. The predicted octanol–water partition coefficient (Wildman–Crippen LogP) is 7.62. The Morgan fingerprint density at radius 2 is 1.14 bits per heavy atom. The summed E-state index contributed by atoms with van der Waals surface area (Å²) in [7, 11) is -10.5. The first-order valence-corrected chi connectivity index (χ1v) is 14.7. The molecule has 0 rings (SSSR count). The summed E-state index contributed by atoms with van der Waals surface area (Å²) in [5, 5.41) is -6.93. The number of carbonyl (C=O) groups excluding carboxylic acids is 1. The molecular formula is C20H33F9O4S2. The average Bonchev–Trinajstić information content (AvgIpc) is 2.72. The van der Waals surface area contributed by atoms with Crippen molar-refractivity contribution >= 4 is 26.2 Å². The molecule has 15 heteroatoms. The minimum Gasteiger partial charge on any atom is -0.299 e. The van der Waals surface area contributed by atoms with Crippen LogP contribution in [-0.4, -0.2) is 54.7 Å². The largest absolute Gasteiger partial charge is 0.460 e. The molecule has 0 fully saturated rings. The summed E-state index contributed by atoms with van der Waals surface area (Å²) >= 11 is 0. The maximum Gasteiger partial charge on any atom is 0.460 e. The Kier molecular flexibility index (Phi) is 12.9. The smallest absolute Gasteiger partial charge is 0.299 e. The van der Waals surface area contributed by atoms with Crippen LogP contribution in [0.1, 0.15) is 78.6 Å². The molecule has 35 heavy (non-hydrogen) atoms. The van der Waals surface area contributed by atoms with Crippen LogP contribution in [0.3, 0.4) is 0 Å². The van der Waals surface area contributed by atoms with Crippen molar-refractivity contribution in [1.82, 2.24) is 0 Å². The van der Waals surface area contributed by atoms with Crippen LogP contribution < -0.4 is 0 Å². The van der Waals surface area contributed by atoms with Gasteiger partial charge >= 0.3 is 33.4 Å². The molecule has 0 radical (unpaired) electrons. The zero-order chi connectivity index (χ0) is 27.8. The molecule has 0 aromatic heterocycles. The van der Waals surface area contributed by atoms with Gasteiger partial charge in [-0.1, -0.05) is 52.9 Å². The first-order valence-electron chi connectivity index (χ1n) is 11.2. The third-order valence-corrected chi connectivity index (χ3v) is 10.8. The normalized spacial score (nSPS) is 14.9. The first-order chi connectivity index (χ1) is 15.8. The Labute approximate surface area is 202 Å². The molecule has 0 unspecified atom stereocenters. The summed E-state index contributed by atoms with van der Waals surface area (Å²) in [6.45, 7) is 5.15. The van der Waals surface area contributed by atoms with Crippen molar-refractivity contribution in [2.45, 2.75) is 102 Å². The van der Waals surface area contributed by atoms with Crippen LogP contribution in [0.2, 0.25) is 0 Å². The van der Waals surface area contributed by atoms with Gasteiger partial charge in [-0.2, -0.15) is 47.9 Å². The molecule has 4 nitrogen and oxygen atoms in total. The molecule has 0 bridgehead atoms. The fourth-order valence-corrected chi connectivity index (χ4v) is 8.91. The molecule has 0 N–H and O–H groups in total. The molecule has 0 saturated heterocycles. The van der Waals surface area contributed by atoms with Gasteiger partial charge in [0.15, 0.2) is 0 Å². The summed E-state index contributed by atoms with van der Waals surface area (Å²) in [4.78, 5) is 12.5. The quantitative estimate of drug-likeness (QED) is 0.125. The van der Waals surface area contributed by atoms with Crippen LogP contribution in [0.4, 0.5) is 39.5 Å². The molecule has 0 aliphatic carbocycles. The van der Waals surface area contributed by atoms with Crippen molar-refractivity contribution in [3.05, 3.63) is 0 Å². The number of rotatable bonds is 18. The third kappa shape index (κ3) is 8.41. The number of ketones is 1. The van der Waals surface area contributed by atoms with Crippen molar-refractivity contribution < 1.29 is 56.4 Å². The molecule has 0 aliphatic heterocycles. The van der Waals surface area contributed by atoms with Crippen molar-refractivity contribution in [1.29, 1.82) is 0 Å². The fraction of sp³-hybridized carbons (Fsp3) is 0.950. The van der Waals surface area contributed by atoms with E-state index in [-0.39, 0.29) is 30.8 Å². The predicted molar refractivity (Wildman–Crippen MR) is 117 cm³/mol. The molecule has 0 atom stereocenters. The van der Waals surface area contributed by atoms with Crippen molar-refractivity contribution in [2.75, 3.05) is 17.3 Å². The molecule has 0 amide bonds. The summed E-state index contributed by atoms with van der Waals surface area (Å²) < 4.78 is 149. The highest BCUT2D eigenvalue weighted by Crippen LogP contribution is 2.59. The summed E-state index contributed by atoms with van der Waals surface area (Å²) in [6.07, 6.45) is -3.63. The van der Waals surface area contributed by atoms with Gasteiger partial charge in [-0.05, 0) is 19.3 Å². The number of unbranched alkanes of at least 4 members (excludes halogenated alkanes) is 5. The molecular weight excluding hydrogens is 539 g/mol. The van der Waals surface area contributed by atoms with E-state index in [9.17, 15) is 52.7 Å². The lowest BCUT2D eigenvalue weighted by atomic mass is 10.1. The van der Waals surface area contributed by atoms with E-state index < -0.39 is 55.2 Å². The lowest BCUT2D eigenvalue weighted by Gasteiger charge is -2.40. The molecule has 0 aromatic carbocycles. The number of halogens is 9. The van der Waals surface area contributed by atoms with E-state index in [0.29, 0.717) is 25.7 Å².